The van der Waals surface area contributed by atoms with E-state index in [1.807, 2.05) is 109 Å². The first-order chi connectivity index (χ1) is 70.5. The molecule has 0 unspecified atom stereocenters. The van der Waals surface area contributed by atoms with Gasteiger partial charge in [-0.25, -0.2) is 54.1 Å². The number of nitrogens with zero attached hydrogens (tertiary/aromatic N) is 23. The number of para-hydroxylation sites is 1. The van der Waals surface area contributed by atoms with E-state index in [1.165, 1.54) is 24.8 Å². The maximum atomic E-state index is 13.1. The second kappa shape index (κ2) is 39.7. The Morgan fingerprint density at radius 3 is 1.12 bits per heavy atom. The number of hydrogen-bond acceptors (Lipinski definition) is 31. The van der Waals surface area contributed by atoms with Crippen LogP contribution in [0.4, 0.5) is 5.95 Å². The van der Waals surface area contributed by atoms with Gasteiger partial charge in [-0.05, 0) is 143 Å². The van der Waals surface area contributed by atoms with Crippen LogP contribution in [0.15, 0.2) is 203 Å². The molecule has 0 radical (unpaired) electrons. The minimum absolute atomic E-state index is 0.243. The number of likely N-dealkylation sites (N-methyl/N-ethyl adjacent to an activating group) is 1. The number of anilines is 1. The highest BCUT2D eigenvalue weighted by Crippen LogP contribution is 2.38. The number of carbonyl (C=O) groups excluding carboxylic acids is 4. The summed E-state index contributed by atoms with van der Waals surface area (Å²) < 4.78 is 6.32. The maximum Gasteiger partial charge on any atom is 0.329 e. The Hall–Kier alpha value is -17.2. The zero-order valence-corrected chi connectivity index (χ0v) is 78.1. The molecule has 0 saturated carbocycles. The van der Waals surface area contributed by atoms with E-state index in [-0.39, 0.29) is 69.3 Å². The minimum atomic E-state index is -0.546. The number of aliphatic hydroxyl groups excluding tert-OH is 4. The number of allylic oxidation sites excluding steroid dienone is 1. The lowest BCUT2D eigenvalue weighted by molar-refractivity contribution is -0.136. The molecule has 734 valence electrons. The average Bonchev–Trinajstić information content (AvgIpc) is 1.52. The number of hydrogen-bond donors (Lipinski definition) is 9. The SMILES string of the molecule is CN1CCN(c2ncc(-c3ccc4ncc5c(=O)[nH]c(=O)n(C6CCN(C(=O)CO)CC6)c5c4n3)cn2)CC1.O=C(CO)N1CCC(n2c(=O)[nH]c(=O)c3cnc4ccc(-c5c[nH]c6ncccc56)nc4c32)CC1.O=C(CO)N1CCC(n2c(=O)[nH]c(=O)c3cnc4ccc(-c5cnc6c(c5)C=CC6)nc4c32)CC1.O=C(CO)N1CCC(n2c(=O)[nH]c(=O)c3cnc4ccc(-c5cnc6ccccc6c5)nc4c32)CC1. The van der Waals surface area contributed by atoms with Crippen LogP contribution in [0.2, 0.25) is 0 Å². The van der Waals surface area contributed by atoms with Crippen LogP contribution in [0.3, 0.4) is 0 Å². The van der Waals surface area contributed by atoms with E-state index in [2.05, 4.69) is 92.7 Å². The molecule has 5 saturated heterocycles. The van der Waals surface area contributed by atoms with Gasteiger partial charge in [-0.3, -0.25) is 106 Å². The fourth-order valence-corrected chi connectivity index (χ4v) is 20.3. The van der Waals surface area contributed by atoms with Crippen molar-refractivity contribution in [3.05, 3.63) is 260 Å². The molecule has 145 heavy (non-hydrogen) atoms. The van der Waals surface area contributed by atoms with Crippen molar-refractivity contribution in [3.8, 4) is 45.0 Å². The summed E-state index contributed by atoms with van der Waals surface area (Å²) in [5.74, 6) is -0.672. The molecule has 9 N–H and O–H groups in total. The molecule has 22 heterocycles. The third kappa shape index (κ3) is 18.1. The summed E-state index contributed by atoms with van der Waals surface area (Å²) in [7, 11) is 2.10. The molecule has 44 heteroatoms. The van der Waals surface area contributed by atoms with Crippen molar-refractivity contribution in [1.82, 2.24) is 132 Å². The molecule has 4 amide bonds. The first-order valence-corrected chi connectivity index (χ1v) is 47.6. The number of rotatable bonds is 13. The van der Waals surface area contributed by atoms with Crippen LogP contribution in [-0.4, -0.2) is 289 Å². The third-order valence-electron chi connectivity index (χ3n) is 28.0. The number of benzene rings is 1. The van der Waals surface area contributed by atoms with E-state index in [0.29, 0.717) is 204 Å². The predicted molar refractivity (Wildman–Crippen MR) is 538 cm³/mol. The van der Waals surface area contributed by atoms with E-state index in [1.54, 1.807) is 68.9 Å². The summed E-state index contributed by atoms with van der Waals surface area (Å²) in [6, 6.07) is 29.3. The number of H-pyrrole nitrogens is 5. The van der Waals surface area contributed by atoms with Gasteiger partial charge in [0, 0.05) is 204 Å². The number of amides is 4. The molecule has 5 fully saturated rings. The quantitative estimate of drug-likeness (QED) is 0.0703. The standard InChI is InChI=1S/C26H29N9O4.C26H22N6O4.C25H22N6O4.C24H21N7O4/c1-32-8-10-34(11-9-32)25-28-12-16(13-29-25)19-2-3-20-22(30-19)23-18(14-27-20)24(38)31-26(39)35(23)17-4-6-33(7-5-17)21(37)15-36;33-14-22(34)31-9-7-17(8-10-31)32-24-18(25(35)30-26(32)36)13-28-21-6-5-20(29-23(21)24)16-11-15-3-1-2-4-19(15)27-12-16;32-13-21(33)30-8-6-16(7-9-30)31-23-17(24(34)29-25(31)35)12-27-20-5-4-19(28-22(20)23)15-10-14-2-1-3-18(14)26-11-15;32-12-19(33)30-8-5-13(6-9-30)31-21-16(23(34)29-24(31)35)11-26-18-4-3-17(28-20(18)21)15-10-27-22-14(15)2-1-7-25-22/h2-3,12-14,17,36H,4-11,15H2,1H3,(H,31,38,39);1-6,11-13,17,33H,7-10,14H2,(H,30,35,36);1-2,4-5,10-12,16,32H,3,6-9,13H2,(H,29,34,35);1-4,7,10-11,13,32H,5-6,8-9,12H2,(H,25,27)(H,29,34,35). The number of aliphatic hydroxyl groups is 4. The summed E-state index contributed by atoms with van der Waals surface area (Å²) in [4.78, 5) is 234. The molecule has 1 aliphatic carbocycles. The Morgan fingerprint density at radius 2 is 0.717 bits per heavy atom. The number of fused-ring (bicyclic) bond motifs is 15. The van der Waals surface area contributed by atoms with E-state index >= 15 is 0 Å². The Bertz CT molecular complexity index is 8820. The highest BCUT2D eigenvalue weighted by Gasteiger charge is 2.34. The minimum Gasteiger partial charge on any atom is -0.387 e. The summed E-state index contributed by atoms with van der Waals surface area (Å²) in [5.41, 5.74) is 11.1. The lowest BCUT2D eigenvalue weighted by Gasteiger charge is -2.33. The third-order valence-corrected chi connectivity index (χ3v) is 28.0. The van der Waals surface area contributed by atoms with Crippen LogP contribution in [0.25, 0.3) is 161 Å². The normalized spacial score (nSPS) is 15.7. The molecular formula is C101H94N28O16. The van der Waals surface area contributed by atoms with Crippen LogP contribution >= 0.6 is 0 Å². The second-order valence-corrected chi connectivity index (χ2v) is 36.4. The first kappa shape index (κ1) is 94.0. The van der Waals surface area contributed by atoms with Crippen molar-refractivity contribution in [1.29, 1.82) is 0 Å². The summed E-state index contributed by atoms with van der Waals surface area (Å²) >= 11 is 0. The largest absolute Gasteiger partial charge is 0.387 e. The van der Waals surface area contributed by atoms with Crippen molar-refractivity contribution < 1.29 is 39.6 Å². The van der Waals surface area contributed by atoms with Gasteiger partial charge < -0.3 is 54.8 Å². The molecule has 24 rings (SSSR count). The lowest BCUT2D eigenvalue weighted by Crippen LogP contribution is -2.45. The monoisotopic (exact) mass is 1950 g/mol. The predicted octanol–water partition coefficient (Wildman–Crippen LogP) is 4.75. The molecule has 0 bridgehead atoms. The molecule has 6 aliphatic rings. The number of aromatic nitrogens is 22. The van der Waals surface area contributed by atoms with Gasteiger partial charge in [0.25, 0.3) is 22.2 Å². The van der Waals surface area contributed by atoms with Crippen LogP contribution in [-0.2, 0) is 25.6 Å². The Balaban J connectivity index is 0.000000114. The number of piperazine rings is 1. The average molecular weight is 1960 g/mol. The van der Waals surface area contributed by atoms with E-state index in [9.17, 15) is 67.7 Å². The Labute approximate surface area is 816 Å². The van der Waals surface area contributed by atoms with Crippen molar-refractivity contribution in [2.24, 2.45) is 0 Å². The van der Waals surface area contributed by atoms with E-state index in [0.717, 1.165) is 82.5 Å². The molecule has 1 aromatic carbocycles. The van der Waals surface area contributed by atoms with Crippen molar-refractivity contribution in [3.63, 3.8) is 0 Å². The maximum absolute atomic E-state index is 13.1. The van der Waals surface area contributed by atoms with Crippen molar-refractivity contribution in [2.45, 2.75) is 82.0 Å². The Kier molecular flexibility index (Phi) is 25.7. The zero-order valence-electron chi connectivity index (χ0n) is 78.1. The Morgan fingerprint density at radius 1 is 0.359 bits per heavy atom. The van der Waals surface area contributed by atoms with Gasteiger partial charge >= 0.3 is 22.8 Å². The molecule has 17 aromatic heterocycles. The fourth-order valence-electron chi connectivity index (χ4n) is 20.3. The van der Waals surface area contributed by atoms with Gasteiger partial charge in [-0.15, -0.1) is 0 Å². The molecule has 0 spiro atoms. The first-order valence-electron chi connectivity index (χ1n) is 47.6. The van der Waals surface area contributed by atoms with Gasteiger partial charge in [-0.1, -0.05) is 30.4 Å². The topological polar surface area (TPSA) is 571 Å². The zero-order chi connectivity index (χ0) is 100. The van der Waals surface area contributed by atoms with Gasteiger partial charge in [0.15, 0.2) is 0 Å². The molecule has 18 aromatic rings. The molecular weight excluding hydrogens is 1860 g/mol. The van der Waals surface area contributed by atoms with Crippen LogP contribution < -0.4 is 49.9 Å². The highest BCUT2D eigenvalue weighted by atomic mass is 16.3. The number of carbonyl (C=O) groups is 4. The second-order valence-electron chi connectivity index (χ2n) is 36.4. The summed E-state index contributed by atoms with van der Waals surface area (Å²) in [6.07, 6.45) is 25.4. The fraction of sp³-hybridized carbons (Fsp3) is 0.297. The smallest absolute Gasteiger partial charge is 0.329 e. The molecule has 44 nitrogen and oxygen atoms in total. The van der Waals surface area contributed by atoms with E-state index in [4.69, 9.17) is 30.1 Å². The highest BCUT2D eigenvalue weighted by molar-refractivity contribution is 6.05. The van der Waals surface area contributed by atoms with Crippen LogP contribution in [0.1, 0.15) is 86.8 Å². The van der Waals surface area contributed by atoms with Crippen LogP contribution in [0.5, 0.6) is 0 Å². The summed E-state index contributed by atoms with van der Waals surface area (Å²) in [5, 5.41) is 39.7. The van der Waals surface area contributed by atoms with Gasteiger partial charge in [0.05, 0.1) is 99.7 Å². The number of piperidine rings is 4. The number of likely N-dealkylation sites (tertiary alicyclic amines) is 4. The van der Waals surface area contributed by atoms with Crippen molar-refractivity contribution in [2.75, 3.05) is 117 Å². The van der Waals surface area contributed by atoms with Gasteiger partial charge in [-0.2, -0.15) is 0 Å². The molecule has 5 aliphatic heterocycles. The van der Waals surface area contributed by atoms with Crippen LogP contribution in [0, 0.1) is 0 Å². The number of aromatic amines is 5. The molecule has 0 atom stereocenters. The van der Waals surface area contributed by atoms with Gasteiger partial charge in [0.1, 0.15) is 54.1 Å². The van der Waals surface area contributed by atoms with Crippen molar-refractivity contribution >= 4 is 145 Å². The number of pyridine rings is 11. The number of nitrogens with one attached hydrogen (secondary N) is 5. The van der Waals surface area contributed by atoms with Gasteiger partial charge in [0.2, 0.25) is 29.6 Å². The summed E-state index contributed by atoms with van der Waals surface area (Å²) in [6.45, 7) is 4.69. The lowest BCUT2D eigenvalue weighted by atomic mass is 10.0. The van der Waals surface area contributed by atoms with E-state index < -0.39 is 71.4 Å².